The van der Waals surface area contributed by atoms with Crippen molar-refractivity contribution >= 4 is 23.3 Å². The fourth-order valence-corrected chi connectivity index (χ4v) is 2.74. The third kappa shape index (κ3) is 3.19. The van der Waals surface area contributed by atoms with Crippen LogP contribution in [0.5, 0.6) is 0 Å². The minimum atomic E-state index is -0.0195. The van der Waals surface area contributed by atoms with Crippen molar-refractivity contribution in [3.8, 4) is 0 Å². The number of hydrogen-bond donors (Lipinski definition) is 1. The molecule has 4 heteroatoms. The first-order valence-electron chi connectivity index (χ1n) is 7.12. The molecule has 1 aliphatic rings. The predicted molar refractivity (Wildman–Crippen MR) is 86.0 cm³/mol. The molecule has 2 aromatic rings. The molecule has 0 aliphatic carbocycles. The minimum absolute atomic E-state index is 0.0195. The highest BCUT2D eigenvalue weighted by atomic mass is 35.5. The number of urea groups is 1. The summed E-state index contributed by atoms with van der Waals surface area (Å²) in [6.45, 7) is 1.38. The molecule has 3 nitrogen and oxygen atoms in total. The number of para-hydroxylation sites is 1. The van der Waals surface area contributed by atoms with E-state index in [-0.39, 0.29) is 6.03 Å². The molecule has 0 spiro atoms. The molecule has 0 saturated heterocycles. The molecule has 0 unspecified atom stereocenters. The first kappa shape index (κ1) is 14.0. The third-order valence-electron chi connectivity index (χ3n) is 3.74. The fourth-order valence-electron chi connectivity index (χ4n) is 2.61. The van der Waals surface area contributed by atoms with Crippen LogP contribution in [0.4, 0.5) is 10.5 Å². The van der Waals surface area contributed by atoms with Crippen LogP contribution in [0.25, 0.3) is 0 Å². The van der Waals surface area contributed by atoms with Gasteiger partial charge in [0, 0.05) is 23.8 Å². The van der Waals surface area contributed by atoms with Gasteiger partial charge in [-0.05, 0) is 42.2 Å². The summed E-state index contributed by atoms with van der Waals surface area (Å²) in [5.41, 5.74) is 3.44. The number of halogens is 1. The molecule has 3 rings (SSSR count). The topological polar surface area (TPSA) is 32.3 Å². The van der Waals surface area contributed by atoms with E-state index in [1.165, 1.54) is 11.1 Å². The molecule has 0 bridgehead atoms. The van der Waals surface area contributed by atoms with Crippen molar-refractivity contribution in [3.05, 3.63) is 64.7 Å². The summed E-state index contributed by atoms with van der Waals surface area (Å²) >= 11 is 5.85. The Bertz CT molecular complexity index is 639. The van der Waals surface area contributed by atoms with Gasteiger partial charge in [0.15, 0.2) is 0 Å². The van der Waals surface area contributed by atoms with Crippen LogP contribution in [0.2, 0.25) is 5.02 Å². The number of benzene rings is 2. The van der Waals surface area contributed by atoms with Crippen molar-refractivity contribution in [1.82, 2.24) is 5.32 Å². The Balaban J connectivity index is 1.54. The van der Waals surface area contributed by atoms with Crippen molar-refractivity contribution in [3.63, 3.8) is 0 Å². The van der Waals surface area contributed by atoms with E-state index in [4.69, 9.17) is 11.6 Å². The van der Waals surface area contributed by atoms with Gasteiger partial charge in [-0.15, -0.1) is 0 Å². The van der Waals surface area contributed by atoms with Crippen LogP contribution in [0, 0.1) is 0 Å². The molecule has 2 aromatic carbocycles. The van der Waals surface area contributed by atoms with Gasteiger partial charge in [0.05, 0.1) is 0 Å². The summed E-state index contributed by atoms with van der Waals surface area (Å²) in [7, 11) is 0. The zero-order valence-corrected chi connectivity index (χ0v) is 12.4. The molecule has 0 saturated carbocycles. The molecule has 1 N–H and O–H groups in total. The SMILES string of the molecule is O=C(NCCc1ccc(Cl)cc1)N1CCc2ccccc21. The Morgan fingerprint density at radius 3 is 2.71 bits per heavy atom. The van der Waals surface area contributed by atoms with Crippen molar-refractivity contribution < 1.29 is 4.79 Å². The van der Waals surface area contributed by atoms with Gasteiger partial charge >= 0.3 is 6.03 Å². The Labute approximate surface area is 129 Å². The molecular weight excluding hydrogens is 284 g/mol. The van der Waals surface area contributed by atoms with Gasteiger partial charge in [0.25, 0.3) is 0 Å². The lowest BCUT2D eigenvalue weighted by atomic mass is 10.1. The number of fused-ring (bicyclic) bond motifs is 1. The van der Waals surface area contributed by atoms with Gasteiger partial charge in [-0.2, -0.15) is 0 Å². The molecular formula is C17H17ClN2O. The van der Waals surface area contributed by atoms with E-state index in [2.05, 4.69) is 11.4 Å². The van der Waals surface area contributed by atoms with Gasteiger partial charge in [0.2, 0.25) is 0 Å². The summed E-state index contributed by atoms with van der Waals surface area (Å²) < 4.78 is 0. The van der Waals surface area contributed by atoms with E-state index in [9.17, 15) is 4.79 Å². The lowest BCUT2D eigenvalue weighted by molar-refractivity contribution is 0.247. The predicted octanol–water partition coefficient (Wildman–Crippen LogP) is 3.65. The van der Waals surface area contributed by atoms with Crippen LogP contribution in [-0.2, 0) is 12.8 Å². The zero-order valence-electron chi connectivity index (χ0n) is 11.7. The number of nitrogens with one attached hydrogen (secondary N) is 1. The average molecular weight is 301 g/mol. The Kier molecular flexibility index (Phi) is 4.11. The van der Waals surface area contributed by atoms with Crippen molar-refractivity contribution in [2.24, 2.45) is 0 Å². The Hall–Kier alpha value is -2.00. The van der Waals surface area contributed by atoms with Crippen LogP contribution in [0.3, 0.4) is 0 Å². The molecule has 0 aromatic heterocycles. The monoisotopic (exact) mass is 300 g/mol. The second-order valence-corrected chi connectivity index (χ2v) is 5.58. The number of carbonyl (C=O) groups is 1. The molecule has 21 heavy (non-hydrogen) atoms. The maximum Gasteiger partial charge on any atom is 0.321 e. The molecule has 2 amide bonds. The Morgan fingerprint density at radius 1 is 1.14 bits per heavy atom. The minimum Gasteiger partial charge on any atom is -0.337 e. The summed E-state index contributed by atoms with van der Waals surface area (Å²) in [5, 5.41) is 3.72. The average Bonchev–Trinajstić information content (AvgIpc) is 2.93. The van der Waals surface area contributed by atoms with Crippen molar-refractivity contribution in [2.45, 2.75) is 12.8 Å². The van der Waals surface area contributed by atoms with Gasteiger partial charge in [-0.3, -0.25) is 4.90 Å². The van der Waals surface area contributed by atoms with Gasteiger partial charge in [-0.1, -0.05) is 41.9 Å². The highest BCUT2D eigenvalue weighted by molar-refractivity contribution is 6.30. The second-order valence-electron chi connectivity index (χ2n) is 5.14. The number of amides is 2. The summed E-state index contributed by atoms with van der Waals surface area (Å²) in [6, 6.07) is 15.8. The van der Waals surface area contributed by atoms with Crippen molar-refractivity contribution in [2.75, 3.05) is 18.0 Å². The van der Waals surface area contributed by atoms with E-state index in [0.29, 0.717) is 6.54 Å². The summed E-state index contributed by atoms with van der Waals surface area (Å²) in [4.78, 5) is 14.1. The first-order chi connectivity index (χ1) is 10.2. The molecule has 1 aliphatic heterocycles. The standard InChI is InChI=1S/C17H17ClN2O/c18-15-7-5-13(6-8-15)9-11-19-17(21)20-12-10-14-3-1-2-4-16(14)20/h1-8H,9-12H2,(H,19,21). The van der Waals surface area contributed by atoms with Gasteiger partial charge < -0.3 is 5.32 Å². The lowest BCUT2D eigenvalue weighted by Gasteiger charge is -2.18. The Morgan fingerprint density at radius 2 is 1.90 bits per heavy atom. The van der Waals surface area contributed by atoms with E-state index >= 15 is 0 Å². The van der Waals surface area contributed by atoms with E-state index in [0.717, 1.165) is 30.1 Å². The number of rotatable bonds is 3. The third-order valence-corrected chi connectivity index (χ3v) is 3.99. The van der Waals surface area contributed by atoms with Gasteiger partial charge in [0.1, 0.15) is 0 Å². The molecule has 0 fully saturated rings. The van der Waals surface area contributed by atoms with Crippen LogP contribution in [0.1, 0.15) is 11.1 Å². The second kappa shape index (κ2) is 6.19. The van der Waals surface area contributed by atoms with Crippen LogP contribution in [-0.4, -0.2) is 19.1 Å². The lowest BCUT2D eigenvalue weighted by Crippen LogP contribution is -2.39. The van der Waals surface area contributed by atoms with E-state index < -0.39 is 0 Å². The quantitative estimate of drug-likeness (QED) is 0.922. The van der Waals surface area contributed by atoms with Crippen LogP contribution < -0.4 is 10.2 Å². The molecule has 1 heterocycles. The maximum atomic E-state index is 12.2. The largest absolute Gasteiger partial charge is 0.337 e. The van der Waals surface area contributed by atoms with Crippen LogP contribution >= 0.6 is 11.6 Å². The smallest absolute Gasteiger partial charge is 0.321 e. The normalized spacial score (nSPS) is 13.1. The molecule has 108 valence electrons. The maximum absolute atomic E-state index is 12.2. The number of nitrogens with zero attached hydrogens (tertiary/aromatic N) is 1. The van der Waals surface area contributed by atoms with Gasteiger partial charge in [-0.25, -0.2) is 4.79 Å². The summed E-state index contributed by atoms with van der Waals surface area (Å²) in [5.74, 6) is 0. The first-order valence-corrected chi connectivity index (χ1v) is 7.49. The fraction of sp³-hybridized carbons (Fsp3) is 0.235. The number of hydrogen-bond acceptors (Lipinski definition) is 1. The van der Waals surface area contributed by atoms with E-state index in [1.54, 1.807) is 0 Å². The summed E-state index contributed by atoms with van der Waals surface area (Å²) in [6.07, 6.45) is 1.74. The number of carbonyl (C=O) groups excluding carboxylic acids is 1. The molecule has 0 radical (unpaired) electrons. The number of anilines is 1. The van der Waals surface area contributed by atoms with Crippen LogP contribution in [0.15, 0.2) is 48.5 Å². The highest BCUT2D eigenvalue weighted by Crippen LogP contribution is 2.27. The highest BCUT2D eigenvalue weighted by Gasteiger charge is 2.23. The van der Waals surface area contributed by atoms with Crippen molar-refractivity contribution in [1.29, 1.82) is 0 Å². The van der Waals surface area contributed by atoms with E-state index in [1.807, 2.05) is 47.4 Å². The molecule has 0 atom stereocenters. The zero-order chi connectivity index (χ0) is 14.7.